The predicted octanol–water partition coefficient (Wildman–Crippen LogP) is 3.26. The summed E-state index contributed by atoms with van der Waals surface area (Å²) in [6, 6.07) is 10.7. The Bertz CT molecular complexity index is 1340. The average molecular weight is 490 g/mol. The number of anilines is 1. The van der Waals surface area contributed by atoms with Crippen molar-refractivity contribution in [3.8, 4) is 11.5 Å². The molecule has 0 bridgehead atoms. The fourth-order valence-electron chi connectivity index (χ4n) is 4.65. The number of allylic oxidation sites excluding steroid dienone is 1. The summed E-state index contributed by atoms with van der Waals surface area (Å²) in [6.45, 7) is 6.11. The Morgan fingerprint density at radius 3 is 2.67 bits per heavy atom. The molecule has 1 saturated heterocycles. The van der Waals surface area contributed by atoms with E-state index in [-0.39, 0.29) is 17.6 Å². The van der Waals surface area contributed by atoms with Crippen LogP contribution in [-0.4, -0.2) is 80.1 Å². The molecule has 0 aliphatic carbocycles. The maximum Gasteiger partial charge on any atom is 0.318 e. The van der Waals surface area contributed by atoms with Gasteiger partial charge >= 0.3 is 6.03 Å². The molecule has 0 atom stereocenters. The van der Waals surface area contributed by atoms with Crippen LogP contribution in [0, 0.1) is 0 Å². The number of ketones is 1. The first-order valence-electron chi connectivity index (χ1n) is 12.1. The van der Waals surface area contributed by atoms with Gasteiger partial charge in [0.15, 0.2) is 5.76 Å². The fraction of sp³-hybridized carbons (Fsp3) is 0.333. The maximum absolute atomic E-state index is 13.2. The van der Waals surface area contributed by atoms with Crippen molar-refractivity contribution in [2.24, 2.45) is 0 Å². The zero-order valence-corrected chi connectivity index (χ0v) is 20.8. The van der Waals surface area contributed by atoms with E-state index >= 15 is 0 Å². The second-order valence-corrected chi connectivity index (χ2v) is 9.16. The molecule has 2 aromatic carbocycles. The van der Waals surface area contributed by atoms with Crippen molar-refractivity contribution < 1.29 is 19.1 Å². The summed E-state index contributed by atoms with van der Waals surface area (Å²) in [7, 11) is 5.34. The molecular formula is C27H31N5O4. The number of ether oxygens (including phenoxy) is 2. The minimum Gasteiger partial charge on any atom is -0.497 e. The van der Waals surface area contributed by atoms with E-state index in [4.69, 9.17) is 9.47 Å². The highest BCUT2D eigenvalue weighted by Gasteiger charge is 2.28. The standard InChI is InChI=1S/C27H31N5O4/c1-28-27(34)29-19-4-7-24-22(15-19)26(33)25(36-24)14-18-17-32(13-12-31-10-8-30(2)9-11-31)23-6-5-20(35-3)16-21(18)23/h4-7,14-17H,8-13H2,1-3H3,(H2,28,29,34)/b25-14-. The number of piperazine rings is 1. The summed E-state index contributed by atoms with van der Waals surface area (Å²) in [5.74, 6) is 1.27. The Morgan fingerprint density at radius 1 is 1.11 bits per heavy atom. The molecule has 9 heteroatoms. The van der Waals surface area contributed by atoms with Gasteiger partial charge in [0.25, 0.3) is 0 Å². The number of benzene rings is 2. The van der Waals surface area contributed by atoms with E-state index in [1.165, 1.54) is 7.05 Å². The van der Waals surface area contributed by atoms with Gasteiger partial charge in [0.05, 0.1) is 12.7 Å². The molecule has 0 saturated carbocycles. The van der Waals surface area contributed by atoms with Crippen molar-refractivity contribution in [1.82, 2.24) is 19.7 Å². The Labute approximate surface area is 210 Å². The van der Waals surface area contributed by atoms with E-state index in [0.717, 1.165) is 61.5 Å². The molecule has 1 aromatic heterocycles. The fourth-order valence-corrected chi connectivity index (χ4v) is 4.65. The molecule has 1 fully saturated rings. The number of carbonyl (C=O) groups excluding carboxylic acids is 2. The van der Waals surface area contributed by atoms with Gasteiger partial charge in [0.2, 0.25) is 5.78 Å². The van der Waals surface area contributed by atoms with Crippen molar-refractivity contribution in [3.63, 3.8) is 0 Å². The summed E-state index contributed by atoms with van der Waals surface area (Å²) in [6.07, 6.45) is 3.87. The van der Waals surface area contributed by atoms with Crippen LogP contribution in [0.1, 0.15) is 15.9 Å². The van der Waals surface area contributed by atoms with Gasteiger partial charge in [-0.05, 0) is 49.5 Å². The van der Waals surface area contributed by atoms with E-state index in [2.05, 4.69) is 44.3 Å². The number of Topliss-reactive ketones (excluding diaryl/α,β-unsaturated/α-hetero) is 1. The Morgan fingerprint density at radius 2 is 1.92 bits per heavy atom. The normalized spacial score (nSPS) is 17.3. The van der Waals surface area contributed by atoms with E-state index in [0.29, 0.717) is 17.0 Å². The lowest BCUT2D eigenvalue weighted by Gasteiger charge is -2.32. The van der Waals surface area contributed by atoms with Crippen LogP contribution >= 0.6 is 0 Å². The molecule has 3 heterocycles. The number of nitrogens with one attached hydrogen (secondary N) is 2. The van der Waals surface area contributed by atoms with Crippen molar-refractivity contribution >= 4 is 34.5 Å². The molecule has 0 unspecified atom stereocenters. The van der Waals surface area contributed by atoms with Gasteiger partial charge in [-0.3, -0.25) is 9.69 Å². The lowest BCUT2D eigenvalue weighted by Crippen LogP contribution is -2.45. The van der Waals surface area contributed by atoms with Crippen molar-refractivity contribution in [2.45, 2.75) is 6.54 Å². The maximum atomic E-state index is 13.2. The molecule has 2 aliphatic heterocycles. The molecule has 0 radical (unpaired) electrons. The van der Waals surface area contributed by atoms with Gasteiger partial charge in [0.1, 0.15) is 11.5 Å². The van der Waals surface area contributed by atoms with Crippen molar-refractivity contribution in [3.05, 3.63) is 59.5 Å². The van der Waals surface area contributed by atoms with E-state index in [1.807, 2.05) is 12.1 Å². The van der Waals surface area contributed by atoms with Crippen LogP contribution in [0.2, 0.25) is 0 Å². The van der Waals surface area contributed by atoms with Crippen LogP contribution in [0.3, 0.4) is 0 Å². The Kier molecular flexibility index (Phi) is 6.67. The molecule has 0 spiro atoms. The molecule has 9 nitrogen and oxygen atoms in total. The van der Waals surface area contributed by atoms with Gasteiger partial charge in [0, 0.05) is 74.7 Å². The number of amides is 2. The number of methoxy groups -OCH3 is 1. The van der Waals surface area contributed by atoms with Crippen LogP contribution < -0.4 is 20.1 Å². The minimum atomic E-state index is -0.351. The van der Waals surface area contributed by atoms with Crippen molar-refractivity contribution in [1.29, 1.82) is 0 Å². The molecule has 5 rings (SSSR count). The molecule has 2 N–H and O–H groups in total. The van der Waals surface area contributed by atoms with Gasteiger partial charge < -0.3 is 29.6 Å². The van der Waals surface area contributed by atoms with E-state index in [9.17, 15) is 9.59 Å². The lowest BCUT2D eigenvalue weighted by molar-refractivity contribution is 0.101. The third-order valence-electron chi connectivity index (χ3n) is 6.81. The van der Waals surface area contributed by atoms with Gasteiger partial charge in [-0.1, -0.05) is 0 Å². The highest BCUT2D eigenvalue weighted by molar-refractivity contribution is 6.15. The van der Waals surface area contributed by atoms with Crippen LogP contribution in [-0.2, 0) is 6.54 Å². The zero-order valence-electron chi connectivity index (χ0n) is 20.8. The first-order chi connectivity index (χ1) is 17.4. The SMILES string of the molecule is CNC(=O)Nc1ccc2c(c1)C(=O)/C(=C/c1cn(CCN3CCN(C)CC3)c3ccc(OC)cc13)O2. The van der Waals surface area contributed by atoms with Gasteiger partial charge in [-0.15, -0.1) is 0 Å². The summed E-state index contributed by atoms with van der Waals surface area (Å²) in [5.41, 5.74) is 2.92. The second kappa shape index (κ2) is 10.0. The number of hydrogen-bond acceptors (Lipinski definition) is 6. The number of likely N-dealkylation sites (N-methyl/N-ethyl adjacent to an activating group) is 1. The third kappa shape index (κ3) is 4.80. The monoisotopic (exact) mass is 489 g/mol. The van der Waals surface area contributed by atoms with E-state index in [1.54, 1.807) is 31.4 Å². The number of rotatable bonds is 6. The lowest BCUT2D eigenvalue weighted by atomic mass is 10.1. The van der Waals surface area contributed by atoms with Crippen molar-refractivity contribution in [2.75, 3.05) is 59.2 Å². The third-order valence-corrected chi connectivity index (χ3v) is 6.81. The quantitative estimate of drug-likeness (QED) is 0.517. The first kappa shape index (κ1) is 23.9. The number of carbonyl (C=O) groups is 2. The number of urea groups is 1. The summed E-state index contributed by atoms with van der Waals surface area (Å²) in [4.78, 5) is 29.7. The van der Waals surface area contributed by atoms with Crippen LogP contribution in [0.15, 0.2) is 48.4 Å². The molecule has 2 amide bonds. The smallest absolute Gasteiger partial charge is 0.318 e. The Balaban J connectivity index is 1.42. The van der Waals surface area contributed by atoms with Gasteiger partial charge in [-0.2, -0.15) is 0 Å². The highest BCUT2D eigenvalue weighted by Crippen LogP contribution is 2.35. The highest BCUT2D eigenvalue weighted by atomic mass is 16.5. The largest absolute Gasteiger partial charge is 0.497 e. The predicted molar refractivity (Wildman–Crippen MR) is 140 cm³/mol. The van der Waals surface area contributed by atoms with Crippen LogP contribution in [0.4, 0.5) is 10.5 Å². The number of nitrogens with zero attached hydrogens (tertiary/aromatic N) is 3. The van der Waals surface area contributed by atoms with Gasteiger partial charge in [-0.25, -0.2) is 4.79 Å². The number of hydrogen-bond donors (Lipinski definition) is 2. The second-order valence-electron chi connectivity index (χ2n) is 9.16. The molecule has 2 aliphatic rings. The first-order valence-corrected chi connectivity index (χ1v) is 12.1. The number of aromatic nitrogens is 1. The van der Waals surface area contributed by atoms with Crippen LogP contribution in [0.25, 0.3) is 17.0 Å². The molecule has 188 valence electrons. The topological polar surface area (TPSA) is 88.1 Å². The van der Waals surface area contributed by atoms with E-state index < -0.39 is 0 Å². The Hall–Kier alpha value is -3.82. The summed E-state index contributed by atoms with van der Waals surface area (Å²) < 4.78 is 13.6. The molecular weight excluding hydrogens is 458 g/mol. The zero-order chi connectivity index (χ0) is 25.2. The molecule has 36 heavy (non-hydrogen) atoms. The molecule has 3 aromatic rings. The number of fused-ring (bicyclic) bond motifs is 2. The summed E-state index contributed by atoms with van der Waals surface area (Å²) in [5, 5.41) is 6.18. The van der Waals surface area contributed by atoms with Crippen LogP contribution in [0.5, 0.6) is 11.5 Å². The average Bonchev–Trinajstić information content (AvgIpc) is 3.40. The minimum absolute atomic E-state index is 0.216. The summed E-state index contributed by atoms with van der Waals surface area (Å²) >= 11 is 0.